The predicted octanol–water partition coefficient (Wildman–Crippen LogP) is 1.65. The van der Waals surface area contributed by atoms with Crippen LogP contribution in [-0.2, 0) is 4.74 Å². The van der Waals surface area contributed by atoms with Gasteiger partial charge < -0.3 is 20.5 Å². The lowest BCUT2D eigenvalue weighted by molar-refractivity contribution is -0.108. The quantitative estimate of drug-likeness (QED) is 0.741. The van der Waals surface area contributed by atoms with Crippen molar-refractivity contribution in [1.29, 1.82) is 0 Å². The number of hydrogen-bond acceptors (Lipinski definition) is 3. The van der Waals surface area contributed by atoms with Crippen molar-refractivity contribution >= 4 is 6.03 Å². The van der Waals surface area contributed by atoms with Gasteiger partial charge in [0.15, 0.2) is 0 Å². The minimum Gasteiger partial charge on any atom is -0.396 e. The third kappa shape index (κ3) is 2.34. The van der Waals surface area contributed by atoms with E-state index in [9.17, 15) is 9.90 Å². The van der Waals surface area contributed by atoms with Crippen LogP contribution in [0.2, 0.25) is 0 Å². The van der Waals surface area contributed by atoms with Crippen molar-refractivity contribution in [3.05, 3.63) is 0 Å². The van der Waals surface area contributed by atoms with Gasteiger partial charge in [0.1, 0.15) is 0 Å². The Balaban J connectivity index is 1.57. The van der Waals surface area contributed by atoms with Gasteiger partial charge in [-0.25, -0.2) is 4.79 Å². The number of amides is 2. The molecule has 0 spiro atoms. The van der Waals surface area contributed by atoms with Crippen LogP contribution < -0.4 is 10.6 Å². The molecule has 0 aromatic rings. The Bertz CT molecular complexity index is 426. The lowest BCUT2D eigenvalue weighted by Crippen LogP contribution is -2.68. The summed E-state index contributed by atoms with van der Waals surface area (Å²) in [6.45, 7) is 7.32. The van der Waals surface area contributed by atoms with Crippen LogP contribution in [0.15, 0.2) is 0 Å². The topological polar surface area (TPSA) is 70.6 Å². The van der Waals surface area contributed by atoms with Crippen LogP contribution >= 0.6 is 0 Å². The van der Waals surface area contributed by atoms with Gasteiger partial charge in [0.05, 0.1) is 12.7 Å². The van der Waals surface area contributed by atoms with Crippen molar-refractivity contribution in [2.45, 2.75) is 64.6 Å². The van der Waals surface area contributed by atoms with Gasteiger partial charge in [-0.2, -0.15) is 0 Å². The summed E-state index contributed by atoms with van der Waals surface area (Å²) in [5.41, 5.74) is -0.167. The van der Waals surface area contributed by atoms with Gasteiger partial charge >= 0.3 is 6.03 Å². The van der Waals surface area contributed by atoms with Crippen molar-refractivity contribution in [3.8, 4) is 0 Å². The molecule has 0 aromatic heterocycles. The molecule has 1 saturated heterocycles. The molecule has 120 valence electrons. The Hall–Kier alpha value is -0.810. The lowest BCUT2D eigenvalue weighted by atomic mass is 9.57. The van der Waals surface area contributed by atoms with Gasteiger partial charge in [0.25, 0.3) is 0 Å². The fourth-order valence-electron chi connectivity index (χ4n) is 4.63. The van der Waals surface area contributed by atoms with Crippen molar-refractivity contribution in [2.24, 2.45) is 16.7 Å². The van der Waals surface area contributed by atoms with E-state index in [1.165, 1.54) is 0 Å². The lowest BCUT2D eigenvalue weighted by Gasteiger charge is -2.54. The average Bonchev–Trinajstić information content (AvgIpc) is 3.03. The summed E-state index contributed by atoms with van der Waals surface area (Å²) in [5.74, 6) is 0.457. The number of urea groups is 1. The van der Waals surface area contributed by atoms with Gasteiger partial charge in [-0.15, -0.1) is 0 Å². The van der Waals surface area contributed by atoms with E-state index >= 15 is 0 Å². The second-order valence-corrected chi connectivity index (χ2v) is 7.92. The fraction of sp³-hybridized carbons (Fsp3) is 0.938. The van der Waals surface area contributed by atoms with Crippen LogP contribution in [0.4, 0.5) is 4.79 Å². The van der Waals surface area contributed by atoms with Gasteiger partial charge in [0.2, 0.25) is 0 Å². The molecule has 3 aliphatic rings. The van der Waals surface area contributed by atoms with E-state index in [0.717, 1.165) is 32.3 Å². The number of carbonyl (C=O) groups is 1. The van der Waals surface area contributed by atoms with Gasteiger partial charge in [-0.3, -0.25) is 0 Å². The number of fused-ring (bicyclic) bond motifs is 1. The summed E-state index contributed by atoms with van der Waals surface area (Å²) < 4.78 is 5.76. The number of carbonyl (C=O) groups excluding carboxylic acids is 1. The first kappa shape index (κ1) is 15.1. The number of nitrogens with one attached hydrogen (secondary N) is 2. The second kappa shape index (κ2) is 5.13. The molecule has 0 aromatic carbocycles. The van der Waals surface area contributed by atoms with E-state index in [1.807, 2.05) is 0 Å². The predicted molar refractivity (Wildman–Crippen MR) is 79.9 cm³/mol. The van der Waals surface area contributed by atoms with E-state index in [0.29, 0.717) is 5.92 Å². The molecule has 3 N–H and O–H groups in total. The summed E-state index contributed by atoms with van der Waals surface area (Å²) in [5, 5.41) is 15.8. The zero-order valence-electron chi connectivity index (χ0n) is 13.3. The normalized spacial score (nSPS) is 44.0. The standard InChI is InChI=1S/C16H28N2O3/c1-15(2)12(10-6-8-21-13(10)15)18-14(20)17-11-5-4-7-16(11,3)9-19/h10-13,19H,4-9H2,1-3H3,(H2,17,18,20). The Morgan fingerprint density at radius 3 is 2.76 bits per heavy atom. The van der Waals surface area contributed by atoms with E-state index < -0.39 is 0 Å². The van der Waals surface area contributed by atoms with E-state index in [2.05, 4.69) is 31.4 Å². The Labute approximate surface area is 126 Å². The summed E-state index contributed by atoms with van der Waals surface area (Å²) in [6, 6.07) is 0.165. The molecule has 0 radical (unpaired) electrons. The molecule has 2 saturated carbocycles. The van der Waals surface area contributed by atoms with E-state index in [1.54, 1.807) is 0 Å². The molecule has 2 aliphatic carbocycles. The fourth-order valence-corrected chi connectivity index (χ4v) is 4.63. The van der Waals surface area contributed by atoms with Crippen LogP contribution in [0.5, 0.6) is 0 Å². The van der Waals surface area contributed by atoms with Crippen molar-refractivity contribution in [1.82, 2.24) is 10.6 Å². The van der Waals surface area contributed by atoms with Gasteiger partial charge in [-0.05, 0) is 19.3 Å². The molecule has 5 heteroatoms. The van der Waals surface area contributed by atoms with E-state index in [-0.39, 0.29) is 41.7 Å². The Kier molecular flexibility index (Phi) is 3.69. The first-order valence-corrected chi connectivity index (χ1v) is 8.18. The maximum Gasteiger partial charge on any atom is 0.315 e. The summed E-state index contributed by atoms with van der Waals surface area (Å²) in [7, 11) is 0. The van der Waals surface area contributed by atoms with Crippen molar-refractivity contribution in [2.75, 3.05) is 13.2 Å². The number of aliphatic hydroxyl groups excluding tert-OH is 1. The summed E-state index contributed by atoms with van der Waals surface area (Å²) in [4.78, 5) is 12.3. The first-order valence-electron chi connectivity index (χ1n) is 8.18. The molecule has 1 aliphatic heterocycles. The summed E-state index contributed by atoms with van der Waals surface area (Å²) >= 11 is 0. The third-order valence-electron chi connectivity index (χ3n) is 6.14. The molecule has 2 amide bonds. The van der Waals surface area contributed by atoms with Crippen LogP contribution in [0.3, 0.4) is 0 Å². The molecular formula is C16H28N2O3. The smallest absolute Gasteiger partial charge is 0.315 e. The molecule has 3 fully saturated rings. The SMILES string of the molecule is CC1(CO)CCCC1NC(=O)NC1C2CCOC2C1(C)C. The van der Waals surface area contributed by atoms with Gasteiger partial charge in [0, 0.05) is 35.4 Å². The number of rotatable bonds is 3. The van der Waals surface area contributed by atoms with Gasteiger partial charge in [-0.1, -0.05) is 27.2 Å². The first-order chi connectivity index (χ1) is 9.88. The maximum absolute atomic E-state index is 12.3. The molecule has 5 unspecified atom stereocenters. The Morgan fingerprint density at radius 2 is 2.05 bits per heavy atom. The highest BCUT2D eigenvalue weighted by atomic mass is 16.5. The largest absolute Gasteiger partial charge is 0.396 e. The zero-order valence-corrected chi connectivity index (χ0v) is 13.3. The molecule has 3 rings (SSSR count). The van der Waals surface area contributed by atoms with Crippen molar-refractivity contribution in [3.63, 3.8) is 0 Å². The zero-order chi connectivity index (χ0) is 15.3. The minimum atomic E-state index is -0.175. The van der Waals surface area contributed by atoms with Crippen LogP contribution in [-0.4, -0.2) is 42.5 Å². The highest BCUT2D eigenvalue weighted by Crippen LogP contribution is 2.52. The molecule has 1 heterocycles. The third-order valence-corrected chi connectivity index (χ3v) is 6.14. The molecule has 5 nitrogen and oxygen atoms in total. The molecular weight excluding hydrogens is 268 g/mol. The van der Waals surface area contributed by atoms with E-state index in [4.69, 9.17) is 4.74 Å². The number of ether oxygens (including phenoxy) is 1. The maximum atomic E-state index is 12.3. The van der Waals surface area contributed by atoms with Crippen molar-refractivity contribution < 1.29 is 14.6 Å². The monoisotopic (exact) mass is 296 g/mol. The highest BCUT2D eigenvalue weighted by molar-refractivity contribution is 5.75. The number of aliphatic hydroxyl groups is 1. The minimum absolute atomic E-state index is 0.00840. The van der Waals surface area contributed by atoms with Crippen LogP contribution in [0, 0.1) is 16.7 Å². The number of hydrogen-bond donors (Lipinski definition) is 3. The second-order valence-electron chi connectivity index (χ2n) is 7.92. The average molecular weight is 296 g/mol. The Morgan fingerprint density at radius 1 is 1.29 bits per heavy atom. The molecule has 5 atom stereocenters. The highest BCUT2D eigenvalue weighted by Gasteiger charge is 2.59. The molecule has 21 heavy (non-hydrogen) atoms. The summed E-state index contributed by atoms with van der Waals surface area (Å²) in [6.07, 6.45) is 4.32. The molecule has 0 bridgehead atoms. The van der Waals surface area contributed by atoms with Crippen LogP contribution in [0.25, 0.3) is 0 Å². The van der Waals surface area contributed by atoms with Crippen LogP contribution in [0.1, 0.15) is 46.5 Å².